The lowest BCUT2D eigenvalue weighted by Crippen LogP contribution is -2.45. The summed E-state index contributed by atoms with van der Waals surface area (Å²) in [6.45, 7) is 6.41. The van der Waals surface area contributed by atoms with Crippen LogP contribution in [-0.2, 0) is 4.74 Å². The number of hydrogen-bond donors (Lipinski definition) is 1. The van der Waals surface area contributed by atoms with E-state index in [1.54, 1.807) is 0 Å². The molecule has 0 aliphatic carbocycles. The predicted octanol–water partition coefficient (Wildman–Crippen LogP) is 2.98. The van der Waals surface area contributed by atoms with Gasteiger partial charge in [0.05, 0.1) is 13.2 Å². The zero-order valence-electron chi connectivity index (χ0n) is 14.6. The lowest BCUT2D eigenvalue weighted by atomic mass is 10.0. The normalized spacial score (nSPS) is 16.9. The second kappa shape index (κ2) is 11.0. The molecule has 0 aromatic heterocycles. The Hall–Kier alpha value is -0.880. The van der Waals surface area contributed by atoms with Crippen molar-refractivity contribution in [1.29, 1.82) is 0 Å². The van der Waals surface area contributed by atoms with Gasteiger partial charge in [-0.15, -0.1) is 24.8 Å². The maximum atomic E-state index is 10.4. The van der Waals surface area contributed by atoms with Gasteiger partial charge in [0.2, 0.25) is 0 Å². The third kappa shape index (κ3) is 6.10. The minimum absolute atomic E-state index is 0. The van der Waals surface area contributed by atoms with E-state index in [1.807, 2.05) is 24.3 Å². The molecule has 25 heavy (non-hydrogen) atoms. The largest absolute Gasteiger partial charge is 0.386 e. The van der Waals surface area contributed by atoms with E-state index in [0.29, 0.717) is 13.2 Å². The van der Waals surface area contributed by atoms with Gasteiger partial charge in [0.25, 0.3) is 0 Å². The predicted molar refractivity (Wildman–Crippen MR) is 108 cm³/mol. The van der Waals surface area contributed by atoms with E-state index in [4.69, 9.17) is 4.74 Å². The first kappa shape index (κ1) is 22.2. The monoisotopic (exact) mass is 386 g/mol. The van der Waals surface area contributed by atoms with Crippen LogP contribution in [0.15, 0.2) is 42.5 Å². The highest BCUT2D eigenvalue weighted by Crippen LogP contribution is 2.24. The Balaban J connectivity index is 0.00000156. The molecule has 6 heteroatoms. The number of likely N-dealkylation sites (N-methyl/N-ethyl adjacent to an activating group) is 1. The molecule has 1 fully saturated rings. The van der Waals surface area contributed by atoms with Gasteiger partial charge in [-0.1, -0.05) is 42.5 Å². The van der Waals surface area contributed by atoms with E-state index in [1.165, 1.54) is 0 Å². The van der Waals surface area contributed by atoms with Crippen LogP contribution in [0.5, 0.6) is 0 Å². The fourth-order valence-corrected chi connectivity index (χ4v) is 3.09. The van der Waals surface area contributed by atoms with Crippen molar-refractivity contribution in [2.75, 3.05) is 53.0 Å². The van der Waals surface area contributed by atoms with Crippen LogP contribution < -0.4 is 0 Å². The standard InChI is InChI=1S/C19H26N2O2.2ClH/c1-20-9-11-21(12-10-20)13-14-23-15-19(22)18-8-4-6-16-5-2-3-7-17(16)18;;/h2-8,19,22H,9-15H2,1H3;2*1H. The third-order valence-corrected chi connectivity index (χ3v) is 4.61. The highest BCUT2D eigenvalue weighted by Gasteiger charge is 2.14. The van der Waals surface area contributed by atoms with Crippen molar-refractivity contribution >= 4 is 35.6 Å². The quantitative estimate of drug-likeness (QED) is 0.774. The Morgan fingerprint density at radius 3 is 2.44 bits per heavy atom. The van der Waals surface area contributed by atoms with Crippen LogP contribution in [0, 0.1) is 0 Å². The average molecular weight is 387 g/mol. The number of halogens is 2. The molecule has 0 saturated carbocycles. The lowest BCUT2D eigenvalue weighted by molar-refractivity contribution is 0.0220. The number of fused-ring (bicyclic) bond motifs is 1. The first-order chi connectivity index (χ1) is 11.2. The molecule has 4 nitrogen and oxygen atoms in total. The summed E-state index contributed by atoms with van der Waals surface area (Å²) >= 11 is 0. The van der Waals surface area contributed by atoms with Gasteiger partial charge in [0.15, 0.2) is 0 Å². The van der Waals surface area contributed by atoms with Gasteiger partial charge in [0.1, 0.15) is 6.10 Å². The fraction of sp³-hybridized carbons (Fsp3) is 0.474. The van der Waals surface area contributed by atoms with E-state index in [2.05, 4.69) is 35.0 Å². The van der Waals surface area contributed by atoms with Crippen LogP contribution in [0.3, 0.4) is 0 Å². The number of aliphatic hydroxyl groups excluding tert-OH is 1. The minimum Gasteiger partial charge on any atom is -0.386 e. The van der Waals surface area contributed by atoms with E-state index >= 15 is 0 Å². The van der Waals surface area contributed by atoms with Gasteiger partial charge in [-0.2, -0.15) is 0 Å². The summed E-state index contributed by atoms with van der Waals surface area (Å²) in [6.07, 6.45) is -0.575. The summed E-state index contributed by atoms with van der Waals surface area (Å²) < 4.78 is 5.72. The Bertz CT molecular complexity index is 628. The Morgan fingerprint density at radius 2 is 1.68 bits per heavy atom. The zero-order chi connectivity index (χ0) is 16.1. The van der Waals surface area contributed by atoms with Crippen LogP contribution in [0.25, 0.3) is 10.8 Å². The summed E-state index contributed by atoms with van der Waals surface area (Å²) in [7, 11) is 2.16. The summed E-state index contributed by atoms with van der Waals surface area (Å²) in [5.74, 6) is 0. The molecule has 0 bridgehead atoms. The van der Waals surface area contributed by atoms with Crippen molar-refractivity contribution in [2.45, 2.75) is 6.10 Å². The zero-order valence-corrected chi connectivity index (χ0v) is 16.3. The molecule has 0 radical (unpaired) electrons. The first-order valence-corrected chi connectivity index (χ1v) is 8.38. The van der Waals surface area contributed by atoms with Crippen molar-refractivity contribution in [3.05, 3.63) is 48.0 Å². The summed E-state index contributed by atoms with van der Waals surface area (Å²) in [4.78, 5) is 4.77. The van der Waals surface area contributed by atoms with Gasteiger partial charge in [-0.3, -0.25) is 4.90 Å². The highest BCUT2D eigenvalue weighted by atomic mass is 35.5. The molecule has 1 N–H and O–H groups in total. The molecule has 0 spiro atoms. The molecule has 2 aromatic carbocycles. The molecule has 1 heterocycles. The molecule has 0 amide bonds. The molecule has 1 unspecified atom stereocenters. The second-order valence-corrected chi connectivity index (χ2v) is 6.30. The molecule has 1 saturated heterocycles. The number of piperazine rings is 1. The highest BCUT2D eigenvalue weighted by molar-refractivity contribution is 5.86. The molecular formula is C19H28Cl2N2O2. The van der Waals surface area contributed by atoms with Crippen LogP contribution in [0.4, 0.5) is 0 Å². The first-order valence-electron chi connectivity index (χ1n) is 8.38. The van der Waals surface area contributed by atoms with Gasteiger partial charge < -0.3 is 14.7 Å². The summed E-state index contributed by atoms with van der Waals surface area (Å²) in [6, 6.07) is 14.2. The van der Waals surface area contributed by atoms with Gasteiger partial charge in [-0.25, -0.2) is 0 Å². The van der Waals surface area contributed by atoms with Crippen LogP contribution in [0.1, 0.15) is 11.7 Å². The minimum atomic E-state index is -0.575. The van der Waals surface area contributed by atoms with Crippen LogP contribution in [0.2, 0.25) is 0 Å². The molecule has 1 atom stereocenters. The average Bonchev–Trinajstić information content (AvgIpc) is 2.59. The maximum absolute atomic E-state index is 10.4. The van der Waals surface area contributed by atoms with Crippen LogP contribution >= 0.6 is 24.8 Å². The number of benzene rings is 2. The number of aliphatic hydroxyl groups is 1. The van der Waals surface area contributed by atoms with Crippen molar-refractivity contribution in [3.63, 3.8) is 0 Å². The number of ether oxygens (including phenoxy) is 1. The van der Waals surface area contributed by atoms with Crippen molar-refractivity contribution in [1.82, 2.24) is 9.80 Å². The fourth-order valence-electron chi connectivity index (χ4n) is 3.09. The molecule has 1 aliphatic heterocycles. The topological polar surface area (TPSA) is 35.9 Å². The maximum Gasteiger partial charge on any atom is 0.103 e. The van der Waals surface area contributed by atoms with Crippen LogP contribution in [-0.4, -0.2) is 67.9 Å². The molecule has 2 aromatic rings. The van der Waals surface area contributed by atoms with Gasteiger partial charge in [-0.05, 0) is 23.4 Å². The van der Waals surface area contributed by atoms with Crippen molar-refractivity contribution in [3.8, 4) is 0 Å². The molecule has 140 valence electrons. The van der Waals surface area contributed by atoms with E-state index in [-0.39, 0.29) is 24.8 Å². The smallest absolute Gasteiger partial charge is 0.103 e. The third-order valence-electron chi connectivity index (χ3n) is 4.61. The summed E-state index contributed by atoms with van der Waals surface area (Å²) in [5, 5.41) is 12.7. The SMILES string of the molecule is CN1CCN(CCOCC(O)c2cccc3ccccc23)CC1.Cl.Cl. The number of rotatable bonds is 6. The molecule has 1 aliphatic rings. The van der Waals surface area contributed by atoms with Crippen molar-refractivity contribution < 1.29 is 9.84 Å². The Morgan fingerprint density at radius 1 is 1.00 bits per heavy atom. The summed E-state index contributed by atoms with van der Waals surface area (Å²) in [5.41, 5.74) is 0.947. The lowest BCUT2D eigenvalue weighted by Gasteiger charge is -2.32. The van der Waals surface area contributed by atoms with Gasteiger partial charge in [0, 0.05) is 32.7 Å². The number of nitrogens with zero attached hydrogens (tertiary/aromatic N) is 2. The van der Waals surface area contributed by atoms with E-state index < -0.39 is 6.10 Å². The number of hydrogen-bond acceptors (Lipinski definition) is 4. The molecular weight excluding hydrogens is 359 g/mol. The van der Waals surface area contributed by atoms with E-state index in [9.17, 15) is 5.11 Å². The molecule has 3 rings (SSSR count). The van der Waals surface area contributed by atoms with E-state index in [0.717, 1.165) is 49.1 Å². The van der Waals surface area contributed by atoms with Crippen molar-refractivity contribution in [2.24, 2.45) is 0 Å². The Kier molecular flexibility index (Phi) is 9.72. The van der Waals surface area contributed by atoms with Gasteiger partial charge >= 0.3 is 0 Å². The Labute approximate surface area is 162 Å². The second-order valence-electron chi connectivity index (χ2n) is 6.30.